The van der Waals surface area contributed by atoms with Crippen LogP contribution in [0.1, 0.15) is 36.8 Å². The minimum Gasteiger partial charge on any atom is -0.384 e. The van der Waals surface area contributed by atoms with E-state index in [1.54, 1.807) is 0 Å². The summed E-state index contributed by atoms with van der Waals surface area (Å²) >= 11 is 0. The van der Waals surface area contributed by atoms with E-state index < -0.39 is 0 Å². The van der Waals surface area contributed by atoms with E-state index in [1.165, 1.54) is 0 Å². The number of hydrogen-bond acceptors (Lipinski definition) is 3. The van der Waals surface area contributed by atoms with Crippen molar-refractivity contribution in [3.05, 3.63) is 29.3 Å². The number of amides is 1. The minimum atomic E-state index is 0.133. The number of aryl methyl sites for hydroxylation is 1. The van der Waals surface area contributed by atoms with Gasteiger partial charge in [-0.3, -0.25) is 4.79 Å². The molecular formula is C15H19N3O. The van der Waals surface area contributed by atoms with Gasteiger partial charge in [0, 0.05) is 19.0 Å². The summed E-state index contributed by atoms with van der Waals surface area (Å²) in [5.74, 6) is 0.133. The van der Waals surface area contributed by atoms with Gasteiger partial charge in [-0.15, -0.1) is 0 Å². The molecule has 1 amide bonds. The van der Waals surface area contributed by atoms with Crippen molar-refractivity contribution in [2.24, 2.45) is 0 Å². The summed E-state index contributed by atoms with van der Waals surface area (Å²) in [4.78, 5) is 11.5. The van der Waals surface area contributed by atoms with Crippen LogP contribution in [0.25, 0.3) is 0 Å². The second-order valence-corrected chi connectivity index (χ2v) is 5.03. The number of carbonyl (C=O) groups excluding carboxylic acids is 1. The van der Waals surface area contributed by atoms with Crippen molar-refractivity contribution in [2.75, 3.05) is 11.9 Å². The molecule has 1 aliphatic carbocycles. The molecule has 0 unspecified atom stereocenters. The van der Waals surface area contributed by atoms with Crippen molar-refractivity contribution in [3.8, 4) is 6.07 Å². The number of rotatable bonds is 6. The van der Waals surface area contributed by atoms with Gasteiger partial charge in [-0.2, -0.15) is 5.26 Å². The average Bonchev–Trinajstić information content (AvgIpc) is 3.19. The molecule has 0 aromatic heterocycles. The van der Waals surface area contributed by atoms with Gasteiger partial charge >= 0.3 is 0 Å². The average molecular weight is 257 g/mol. The third-order valence-electron chi connectivity index (χ3n) is 3.13. The molecule has 19 heavy (non-hydrogen) atoms. The first-order chi connectivity index (χ1) is 9.19. The molecule has 0 bridgehead atoms. The maximum Gasteiger partial charge on any atom is 0.220 e. The largest absolute Gasteiger partial charge is 0.384 e. The van der Waals surface area contributed by atoms with Crippen molar-refractivity contribution in [1.29, 1.82) is 5.26 Å². The van der Waals surface area contributed by atoms with Crippen molar-refractivity contribution in [2.45, 2.75) is 38.6 Å². The Labute approximate surface area is 113 Å². The quantitative estimate of drug-likeness (QED) is 0.769. The van der Waals surface area contributed by atoms with Gasteiger partial charge in [0.05, 0.1) is 11.3 Å². The number of benzene rings is 1. The molecule has 0 aliphatic heterocycles. The first kappa shape index (κ1) is 13.4. The molecule has 1 aliphatic rings. The lowest BCUT2D eigenvalue weighted by atomic mass is 10.1. The fourth-order valence-electron chi connectivity index (χ4n) is 1.90. The summed E-state index contributed by atoms with van der Waals surface area (Å²) in [5.41, 5.74) is 2.57. The number of carbonyl (C=O) groups is 1. The van der Waals surface area contributed by atoms with Crippen LogP contribution in [0.5, 0.6) is 0 Å². The van der Waals surface area contributed by atoms with Gasteiger partial charge in [0.1, 0.15) is 6.07 Å². The summed E-state index contributed by atoms with van der Waals surface area (Å²) in [5, 5.41) is 15.2. The number of hydrogen-bond donors (Lipinski definition) is 2. The molecule has 0 heterocycles. The smallest absolute Gasteiger partial charge is 0.220 e. The van der Waals surface area contributed by atoms with Gasteiger partial charge < -0.3 is 10.6 Å². The molecule has 1 fully saturated rings. The Balaban J connectivity index is 1.73. The highest BCUT2D eigenvalue weighted by Crippen LogP contribution is 2.19. The highest BCUT2D eigenvalue weighted by molar-refractivity contribution is 5.76. The fraction of sp³-hybridized carbons (Fsp3) is 0.467. The topological polar surface area (TPSA) is 64.9 Å². The second kappa shape index (κ2) is 6.24. The van der Waals surface area contributed by atoms with Gasteiger partial charge in [-0.25, -0.2) is 0 Å². The van der Waals surface area contributed by atoms with E-state index in [4.69, 9.17) is 5.26 Å². The molecule has 0 radical (unpaired) electrons. The van der Waals surface area contributed by atoms with Gasteiger partial charge in [-0.1, -0.05) is 6.07 Å². The van der Waals surface area contributed by atoms with E-state index in [0.717, 1.165) is 30.5 Å². The lowest BCUT2D eigenvalue weighted by Crippen LogP contribution is -2.25. The molecular weight excluding hydrogens is 238 g/mol. The number of anilines is 1. The zero-order valence-electron chi connectivity index (χ0n) is 11.2. The second-order valence-electron chi connectivity index (χ2n) is 5.03. The maximum atomic E-state index is 11.5. The van der Waals surface area contributed by atoms with E-state index in [2.05, 4.69) is 16.7 Å². The number of nitrogens with one attached hydrogen (secondary N) is 2. The molecule has 2 N–H and O–H groups in total. The van der Waals surface area contributed by atoms with Crippen molar-refractivity contribution in [3.63, 3.8) is 0 Å². The molecule has 1 aromatic rings. The molecule has 100 valence electrons. The highest BCUT2D eigenvalue weighted by Gasteiger charge is 2.22. The van der Waals surface area contributed by atoms with E-state index in [0.29, 0.717) is 24.6 Å². The van der Waals surface area contributed by atoms with Crippen LogP contribution in [0.3, 0.4) is 0 Å². The summed E-state index contributed by atoms with van der Waals surface area (Å²) in [7, 11) is 0. The lowest BCUT2D eigenvalue weighted by Gasteiger charge is -2.09. The molecule has 0 spiro atoms. The molecule has 1 saturated carbocycles. The summed E-state index contributed by atoms with van der Waals surface area (Å²) in [6, 6.07) is 8.37. The monoisotopic (exact) mass is 257 g/mol. The normalized spacial score (nSPS) is 13.7. The van der Waals surface area contributed by atoms with Gasteiger partial charge in [-0.05, 0) is 43.9 Å². The molecule has 2 rings (SSSR count). The number of nitriles is 1. The third kappa shape index (κ3) is 4.29. The fourth-order valence-corrected chi connectivity index (χ4v) is 1.90. The van der Waals surface area contributed by atoms with E-state index >= 15 is 0 Å². The van der Waals surface area contributed by atoms with Gasteiger partial charge in [0.2, 0.25) is 5.91 Å². The highest BCUT2D eigenvalue weighted by atomic mass is 16.1. The Morgan fingerprint density at radius 1 is 1.47 bits per heavy atom. The Morgan fingerprint density at radius 3 is 2.95 bits per heavy atom. The zero-order valence-corrected chi connectivity index (χ0v) is 11.2. The molecule has 4 nitrogen and oxygen atoms in total. The first-order valence-corrected chi connectivity index (χ1v) is 6.73. The van der Waals surface area contributed by atoms with Crippen LogP contribution >= 0.6 is 0 Å². The van der Waals surface area contributed by atoms with Gasteiger partial charge in [0.25, 0.3) is 0 Å². The predicted molar refractivity (Wildman–Crippen MR) is 74.8 cm³/mol. The van der Waals surface area contributed by atoms with Gasteiger partial charge in [0.15, 0.2) is 0 Å². The lowest BCUT2D eigenvalue weighted by molar-refractivity contribution is -0.121. The Hall–Kier alpha value is -2.02. The van der Waals surface area contributed by atoms with Crippen LogP contribution in [0, 0.1) is 18.3 Å². The third-order valence-corrected chi connectivity index (χ3v) is 3.13. The Kier molecular flexibility index (Phi) is 4.40. The summed E-state index contributed by atoms with van der Waals surface area (Å²) < 4.78 is 0. The van der Waals surface area contributed by atoms with E-state index in [-0.39, 0.29) is 5.91 Å². The van der Waals surface area contributed by atoms with E-state index in [9.17, 15) is 4.79 Å². The van der Waals surface area contributed by atoms with Crippen molar-refractivity contribution < 1.29 is 4.79 Å². The molecule has 0 atom stereocenters. The maximum absolute atomic E-state index is 11.5. The molecule has 1 aromatic carbocycles. The SMILES string of the molecule is Cc1ccc(NCCCC(=O)NC2CC2)c(C#N)c1. The van der Waals surface area contributed by atoms with Crippen LogP contribution in [0.4, 0.5) is 5.69 Å². The van der Waals surface area contributed by atoms with Crippen LogP contribution in [-0.2, 0) is 4.79 Å². The zero-order chi connectivity index (χ0) is 13.7. The molecule has 0 saturated heterocycles. The Morgan fingerprint density at radius 2 is 2.26 bits per heavy atom. The van der Waals surface area contributed by atoms with Crippen LogP contribution in [0.15, 0.2) is 18.2 Å². The standard InChI is InChI=1S/C15H19N3O/c1-11-4-7-14(12(9-11)10-16)17-8-2-3-15(19)18-13-5-6-13/h4,7,9,13,17H,2-3,5-6,8H2,1H3,(H,18,19). The first-order valence-electron chi connectivity index (χ1n) is 6.73. The molecule has 4 heteroatoms. The van der Waals surface area contributed by atoms with Crippen LogP contribution in [-0.4, -0.2) is 18.5 Å². The van der Waals surface area contributed by atoms with Crippen LogP contribution in [0.2, 0.25) is 0 Å². The summed E-state index contributed by atoms with van der Waals surface area (Å²) in [6.45, 7) is 2.67. The van der Waals surface area contributed by atoms with Crippen molar-refractivity contribution in [1.82, 2.24) is 5.32 Å². The van der Waals surface area contributed by atoms with Crippen LogP contribution < -0.4 is 10.6 Å². The Bertz CT molecular complexity index is 501. The minimum absolute atomic E-state index is 0.133. The summed E-state index contributed by atoms with van der Waals surface area (Å²) in [6.07, 6.45) is 3.56. The number of nitrogens with zero attached hydrogens (tertiary/aromatic N) is 1. The van der Waals surface area contributed by atoms with E-state index in [1.807, 2.05) is 25.1 Å². The van der Waals surface area contributed by atoms with Crippen molar-refractivity contribution >= 4 is 11.6 Å². The predicted octanol–water partition coefficient (Wildman–Crippen LogP) is 2.34.